The van der Waals surface area contributed by atoms with Gasteiger partial charge in [0, 0.05) is 23.3 Å². The van der Waals surface area contributed by atoms with Crippen molar-refractivity contribution >= 4 is 29.1 Å². The Morgan fingerprint density at radius 2 is 2.24 bits per heavy atom. The van der Waals surface area contributed by atoms with E-state index >= 15 is 0 Å². The molecule has 0 aromatic carbocycles. The maximum atomic E-state index is 12.2. The molecule has 0 radical (unpaired) electrons. The smallest absolute Gasteiger partial charge is 0.308 e. The Morgan fingerprint density at radius 1 is 1.52 bits per heavy atom. The van der Waals surface area contributed by atoms with E-state index in [2.05, 4.69) is 9.97 Å². The maximum Gasteiger partial charge on any atom is 0.308 e. The van der Waals surface area contributed by atoms with Crippen LogP contribution in [0.25, 0.3) is 0 Å². The molecular formula is C13H15N3O3S2. The molecule has 2 aromatic rings. The van der Waals surface area contributed by atoms with Crippen LogP contribution in [0.5, 0.6) is 0 Å². The number of carbonyl (C=O) groups is 1. The zero-order valence-corrected chi connectivity index (χ0v) is 13.5. The summed E-state index contributed by atoms with van der Waals surface area (Å²) in [5.74, 6) is -0.890. The predicted molar refractivity (Wildman–Crippen MR) is 81.2 cm³/mol. The molecule has 0 atom stereocenters. The molecule has 0 amide bonds. The molecule has 2 heterocycles. The highest BCUT2D eigenvalue weighted by atomic mass is 32.2. The van der Waals surface area contributed by atoms with Gasteiger partial charge in [-0.2, -0.15) is 0 Å². The van der Waals surface area contributed by atoms with Gasteiger partial charge in [0.25, 0.3) is 5.56 Å². The number of aromatic nitrogens is 3. The monoisotopic (exact) mass is 325 g/mol. The minimum Gasteiger partial charge on any atom is -0.481 e. The Hall–Kier alpha value is -1.67. The predicted octanol–water partition coefficient (Wildman–Crippen LogP) is 2.37. The maximum absolute atomic E-state index is 12.2. The van der Waals surface area contributed by atoms with E-state index in [9.17, 15) is 9.59 Å². The van der Waals surface area contributed by atoms with Gasteiger partial charge < -0.3 is 9.67 Å². The molecule has 112 valence electrons. The van der Waals surface area contributed by atoms with Crippen molar-refractivity contribution in [3.05, 3.63) is 33.3 Å². The lowest BCUT2D eigenvalue weighted by Crippen LogP contribution is -2.23. The Bertz CT molecular complexity index is 722. The molecule has 1 N–H and O–H groups in total. The average Bonchev–Trinajstić information content (AvgIpc) is 2.71. The summed E-state index contributed by atoms with van der Waals surface area (Å²) in [7, 11) is 0. The summed E-state index contributed by atoms with van der Waals surface area (Å²) in [4.78, 5) is 32.1. The van der Waals surface area contributed by atoms with Gasteiger partial charge in [-0.05, 0) is 32.5 Å². The topological polar surface area (TPSA) is 85.1 Å². The van der Waals surface area contributed by atoms with Gasteiger partial charge in [0.15, 0.2) is 9.37 Å². The van der Waals surface area contributed by atoms with Gasteiger partial charge in [-0.15, -0.1) is 11.3 Å². The molecule has 0 spiro atoms. The lowest BCUT2D eigenvalue weighted by Gasteiger charge is -2.09. The molecule has 2 aromatic heterocycles. The summed E-state index contributed by atoms with van der Waals surface area (Å²) in [5.41, 5.74) is 0.523. The van der Waals surface area contributed by atoms with E-state index in [4.69, 9.17) is 5.11 Å². The Balaban J connectivity index is 2.29. The molecule has 0 aliphatic heterocycles. The number of carboxylic acid groups (broad SMARTS) is 1. The van der Waals surface area contributed by atoms with Crippen LogP contribution in [0.15, 0.2) is 26.6 Å². The van der Waals surface area contributed by atoms with Crippen LogP contribution < -0.4 is 5.56 Å². The van der Waals surface area contributed by atoms with Crippen molar-refractivity contribution < 1.29 is 9.90 Å². The largest absolute Gasteiger partial charge is 0.481 e. The number of nitrogens with zero attached hydrogens (tertiary/aromatic N) is 3. The summed E-state index contributed by atoms with van der Waals surface area (Å²) in [6.45, 7) is 5.62. The van der Waals surface area contributed by atoms with Gasteiger partial charge in [-0.1, -0.05) is 0 Å². The van der Waals surface area contributed by atoms with Crippen LogP contribution in [0.4, 0.5) is 0 Å². The Labute approximate surface area is 129 Å². The lowest BCUT2D eigenvalue weighted by molar-refractivity contribution is -0.136. The van der Waals surface area contributed by atoms with Crippen LogP contribution in [0.1, 0.15) is 30.5 Å². The number of aryl methyl sites for hydroxylation is 1. The van der Waals surface area contributed by atoms with Crippen LogP contribution in [-0.2, 0) is 11.2 Å². The number of rotatable bonds is 5. The third kappa shape index (κ3) is 3.70. The van der Waals surface area contributed by atoms with Crippen LogP contribution in [-0.4, -0.2) is 25.6 Å². The van der Waals surface area contributed by atoms with Crippen LogP contribution in [0, 0.1) is 6.92 Å². The molecule has 8 heteroatoms. The summed E-state index contributed by atoms with van der Waals surface area (Å²) >= 11 is 2.47. The highest BCUT2D eigenvalue weighted by Gasteiger charge is 2.15. The van der Waals surface area contributed by atoms with E-state index in [1.165, 1.54) is 23.1 Å². The SMILES string of the molecule is Cc1nc(Sc2nccn(C(C)C)c2=O)sc1CC(=O)O. The number of aliphatic carboxylic acids is 1. The van der Waals surface area contributed by atoms with E-state index in [0.717, 1.165) is 0 Å². The molecule has 6 nitrogen and oxygen atoms in total. The van der Waals surface area contributed by atoms with Gasteiger partial charge in [0.1, 0.15) is 0 Å². The first kappa shape index (κ1) is 15.7. The van der Waals surface area contributed by atoms with E-state index in [1.54, 1.807) is 23.9 Å². The summed E-state index contributed by atoms with van der Waals surface area (Å²) in [6.07, 6.45) is 3.19. The summed E-state index contributed by atoms with van der Waals surface area (Å²) in [5, 5.41) is 9.19. The molecule has 2 rings (SSSR count). The zero-order chi connectivity index (χ0) is 15.6. The van der Waals surface area contributed by atoms with Crippen molar-refractivity contribution in [1.82, 2.24) is 14.5 Å². The van der Waals surface area contributed by atoms with Crippen LogP contribution in [0.3, 0.4) is 0 Å². The van der Waals surface area contributed by atoms with Gasteiger partial charge >= 0.3 is 5.97 Å². The normalized spacial score (nSPS) is 11.0. The van der Waals surface area contributed by atoms with Crippen LogP contribution >= 0.6 is 23.1 Å². The number of thiazole rings is 1. The highest BCUT2D eigenvalue weighted by molar-refractivity contribution is 8.01. The average molecular weight is 325 g/mol. The van der Waals surface area contributed by atoms with Crippen molar-refractivity contribution in [2.24, 2.45) is 0 Å². The van der Waals surface area contributed by atoms with Crippen molar-refractivity contribution in [2.75, 3.05) is 0 Å². The second-order valence-corrected chi connectivity index (χ2v) is 7.02. The molecule has 0 aliphatic rings. The van der Waals surface area contributed by atoms with E-state index in [1.807, 2.05) is 13.8 Å². The molecule has 0 unspecified atom stereocenters. The fourth-order valence-corrected chi connectivity index (χ4v) is 3.85. The second-order valence-electron chi connectivity index (χ2n) is 4.70. The zero-order valence-electron chi connectivity index (χ0n) is 11.9. The van der Waals surface area contributed by atoms with Crippen LogP contribution in [0.2, 0.25) is 0 Å². The van der Waals surface area contributed by atoms with E-state index in [-0.39, 0.29) is 18.0 Å². The minimum atomic E-state index is -0.890. The lowest BCUT2D eigenvalue weighted by atomic mass is 10.3. The third-order valence-electron chi connectivity index (χ3n) is 2.76. The number of carboxylic acids is 1. The fraction of sp³-hybridized carbons (Fsp3) is 0.385. The van der Waals surface area contributed by atoms with E-state index in [0.29, 0.717) is 19.9 Å². The van der Waals surface area contributed by atoms with Gasteiger partial charge in [0.2, 0.25) is 0 Å². The quantitative estimate of drug-likeness (QED) is 0.908. The van der Waals surface area contributed by atoms with Gasteiger partial charge in [-0.3, -0.25) is 9.59 Å². The molecule has 21 heavy (non-hydrogen) atoms. The first-order valence-corrected chi connectivity index (χ1v) is 7.95. The van der Waals surface area contributed by atoms with Gasteiger partial charge in [0.05, 0.1) is 12.1 Å². The van der Waals surface area contributed by atoms with E-state index < -0.39 is 5.97 Å². The Kier molecular flexibility index (Phi) is 4.79. The molecule has 0 saturated carbocycles. The van der Waals surface area contributed by atoms with Crippen molar-refractivity contribution in [3.8, 4) is 0 Å². The Morgan fingerprint density at radius 3 is 2.86 bits per heavy atom. The molecular weight excluding hydrogens is 310 g/mol. The number of hydrogen-bond acceptors (Lipinski definition) is 6. The number of hydrogen-bond donors (Lipinski definition) is 1. The fourth-order valence-electron chi connectivity index (χ4n) is 1.71. The van der Waals surface area contributed by atoms with Crippen molar-refractivity contribution in [1.29, 1.82) is 0 Å². The highest BCUT2D eigenvalue weighted by Crippen LogP contribution is 2.30. The summed E-state index contributed by atoms with van der Waals surface area (Å²) in [6, 6.07) is 0.0560. The second kappa shape index (κ2) is 6.40. The minimum absolute atomic E-state index is 0.0531. The summed E-state index contributed by atoms with van der Waals surface area (Å²) < 4.78 is 2.24. The molecule has 0 aliphatic carbocycles. The third-order valence-corrected chi connectivity index (χ3v) is 4.95. The molecule has 0 bridgehead atoms. The molecule has 0 saturated heterocycles. The molecule has 0 fully saturated rings. The van der Waals surface area contributed by atoms with Gasteiger partial charge in [-0.25, -0.2) is 9.97 Å². The first-order chi connectivity index (χ1) is 9.88. The first-order valence-electron chi connectivity index (χ1n) is 6.31. The standard InChI is InChI=1S/C13H15N3O3S2/c1-7(2)16-5-4-14-11(12(16)19)21-13-15-8(3)9(20-13)6-10(17)18/h4-5,7H,6H2,1-3H3,(H,17,18). The van der Waals surface area contributed by atoms with Crippen molar-refractivity contribution in [3.63, 3.8) is 0 Å². The van der Waals surface area contributed by atoms with Crippen molar-refractivity contribution in [2.45, 2.75) is 42.6 Å².